The van der Waals surface area contributed by atoms with Crippen LogP contribution in [-0.2, 0) is 4.79 Å². The Kier molecular flexibility index (Phi) is 7.01. The molecule has 1 fully saturated rings. The zero-order valence-electron chi connectivity index (χ0n) is 16.9. The van der Waals surface area contributed by atoms with Gasteiger partial charge in [0.1, 0.15) is 0 Å². The highest BCUT2D eigenvalue weighted by atomic mass is 35.5. The highest BCUT2D eigenvalue weighted by Gasteiger charge is 2.18. The Morgan fingerprint density at radius 2 is 1.76 bits per heavy atom. The van der Waals surface area contributed by atoms with E-state index in [9.17, 15) is 4.79 Å². The topological polar surface area (TPSA) is 54.0 Å². The van der Waals surface area contributed by atoms with Gasteiger partial charge in [-0.05, 0) is 49.0 Å². The van der Waals surface area contributed by atoms with Crippen LogP contribution in [0.1, 0.15) is 5.56 Å². The number of anilines is 2. The molecule has 0 aromatic heterocycles. The largest absolute Gasteiger partial charge is 0.493 e. The maximum absolute atomic E-state index is 12.5. The van der Waals surface area contributed by atoms with E-state index in [1.54, 1.807) is 32.4 Å². The second-order valence-corrected chi connectivity index (χ2v) is 7.33. The Morgan fingerprint density at radius 1 is 1.03 bits per heavy atom. The van der Waals surface area contributed by atoms with Gasteiger partial charge in [0.2, 0.25) is 5.91 Å². The van der Waals surface area contributed by atoms with Gasteiger partial charge in [0.25, 0.3) is 0 Å². The average molecular weight is 416 g/mol. The van der Waals surface area contributed by atoms with E-state index in [-0.39, 0.29) is 5.91 Å². The number of nitrogens with one attached hydrogen (secondary N) is 1. The molecule has 0 atom stereocenters. The zero-order valence-corrected chi connectivity index (χ0v) is 17.7. The van der Waals surface area contributed by atoms with E-state index in [1.165, 1.54) is 6.08 Å². The molecule has 154 valence electrons. The summed E-state index contributed by atoms with van der Waals surface area (Å²) in [6.45, 7) is 3.77. The van der Waals surface area contributed by atoms with Crippen molar-refractivity contribution in [1.29, 1.82) is 0 Å². The lowest BCUT2D eigenvalue weighted by atomic mass is 10.2. The smallest absolute Gasteiger partial charge is 0.248 e. The van der Waals surface area contributed by atoms with Crippen molar-refractivity contribution in [1.82, 2.24) is 4.90 Å². The van der Waals surface area contributed by atoms with Crippen LogP contribution in [0, 0.1) is 0 Å². The third-order valence-corrected chi connectivity index (χ3v) is 5.13. The van der Waals surface area contributed by atoms with Gasteiger partial charge in [-0.1, -0.05) is 17.7 Å². The number of methoxy groups -OCH3 is 2. The number of rotatable bonds is 6. The SMILES string of the molecule is COc1ccc(C=CC(=O)Nc2cc(Cl)ccc2N2CCN(C)CC2)cc1OC. The van der Waals surface area contributed by atoms with Crippen LogP contribution >= 0.6 is 11.6 Å². The maximum atomic E-state index is 12.5. The fourth-order valence-electron chi connectivity index (χ4n) is 3.23. The molecule has 6 nitrogen and oxygen atoms in total. The number of likely N-dealkylation sites (N-methyl/N-ethyl adjacent to an activating group) is 1. The van der Waals surface area contributed by atoms with Gasteiger partial charge in [-0.25, -0.2) is 0 Å². The molecule has 1 aliphatic rings. The summed E-state index contributed by atoms with van der Waals surface area (Å²) in [6, 6.07) is 11.1. The monoisotopic (exact) mass is 415 g/mol. The molecule has 0 aliphatic carbocycles. The first kappa shape index (κ1) is 21.0. The molecule has 2 aromatic carbocycles. The van der Waals surface area contributed by atoms with Crippen molar-refractivity contribution >= 4 is 35.0 Å². The van der Waals surface area contributed by atoms with Crippen LogP contribution in [0.4, 0.5) is 11.4 Å². The average Bonchev–Trinajstić information content (AvgIpc) is 2.73. The van der Waals surface area contributed by atoms with Crippen LogP contribution in [0.2, 0.25) is 5.02 Å². The molecule has 29 heavy (non-hydrogen) atoms. The second-order valence-electron chi connectivity index (χ2n) is 6.89. The number of benzene rings is 2. The third-order valence-electron chi connectivity index (χ3n) is 4.90. The van der Waals surface area contributed by atoms with Crippen molar-refractivity contribution in [3.8, 4) is 11.5 Å². The lowest BCUT2D eigenvalue weighted by Gasteiger charge is -2.35. The van der Waals surface area contributed by atoms with Crippen molar-refractivity contribution in [2.45, 2.75) is 0 Å². The minimum atomic E-state index is -0.225. The van der Waals surface area contributed by atoms with Crippen molar-refractivity contribution < 1.29 is 14.3 Å². The molecule has 0 bridgehead atoms. The number of nitrogens with zero attached hydrogens (tertiary/aromatic N) is 2. The van der Waals surface area contributed by atoms with Crippen LogP contribution in [0.15, 0.2) is 42.5 Å². The molecule has 1 aliphatic heterocycles. The fraction of sp³-hybridized carbons (Fsp3) is 0.318. The van der Waals surface area contributed by atoms with E-state index in [0.29, 0.717) is 22.2 Å². The molecule has 1 amide bonds. The van der Waals surface area contributed by atoms with Gasteiger partial charge in [-0.2, -0.15) is 0 Å². The minimum Gasteiger partial charge on any atom is -0.493 e. The quantitative estimate of drug-likeness (QED) is 0.728. The first-order valence-electron chi connectivity index (χ1n) is 9.44. The Bertz CT molecular complexity index is 893. The second kappa shape index (κ2) is 9.67. The molecule has 7 heteroatoms. The van der Waals surface area contributed by atoms with Gasteiger partial charge in [0, 0.05) is 37.3 Å². The van der Waals surface area contributed by atoms with Gasteiger partial charge < -0.3 is 24.6 Å². The summed E-state index contributed by atoms with van der Waals surface area (Å²) in [5.41, 5.74) is 2.53. The number of ether oxygens (including phenoxy) is 2. The molecular formula is C22H26ClN3O3. The van der Waals surface area contributed by atoms with Gasteiger partial charge in [-0.15, -0.1) is 0 Å². The predicted octanol–water partition coefficient (Wildman–Crippen LogP) is 3.76. The summed E-state index contributed by atoms with van der Waals surface area (Å²) in [5.74, 6) is 1.03. The van der Waals surface area contributed by atoms with Crippen molar-refractivity contribution in [3.05, 3.63) is 53.1 Å². The number of piperazine rings is 1. The molecule has 0 saturated carbocycles. The molecule has 1 heterocycles. The van der Waals surface area contributed by atoms with Crippen LogP contribution in [0.25, 0.3) is 6.08 Å². The van der Waals surface area contributed by atoms with E-state index < -0.39 is 0 Å². The highest BCUT2D eigenvalue weighted by Crippen LogP contribution is 2.30. The van der Waals surface area contributed by atoms with Crippen LogP contribution in [0.3, 0.4) is 0 Å². The Morgan fingerprint density at radius 3 is 2.45 bits per heavy atom. The van der Waals surface area contributed by atoms with E-state index in [2.05, 4.69) is 22.2 Å². The molecule has 0 radical (unpaired) electrons. The number of carbonyl (C=O) groups is 1. The third kappa shape index (κ3) is 5.43. The number of carbonyl (C=O) groups excluding carboxylic acids is 1. The fourth-order valence-corrected chi connectivity index (χ4v) is 3.41. The molecule has 0 spiro atoms. The molecule has 1 saturated heterocycles. The summed E-state index contributed by atoms with van der Waals surface area (Å²) in [4.78, 5) is 17.1. The summed E-state index contributed by atoms with van der Waals surface area (Å²) in [6.07, 6.45) is 3.23. The number of amides is 1. The maximum Gasteiger partial charge on any atom is 0.248 e. The summed E-state index contributed by atoms with van der Waals surface area (Å²) >= 11 is 6.18. The summed E-state index contributed by atoms with van der Waals surface area (Å²) in [7, 11) is 5.28. The van der Waals surface area contributed by atoms with Crippen LogP contribution in [-0.4, -0.2) is 58.3 Å². The highest BCUT2D eigenvalue weighted by molar-refractivity contribution is 6.31. The van der Waals surface area contributed by atoms with E-state index in [4.69, 9.17) is 21.1 Å². The first-order valence-corrected chi connectivity index (χ1v) is 9.82. The predicted molar refractivity (Wildman–Crippen MR) is 118 cm³/mol. The molecule has 0 unspecified atom stereocenters. The van der Waals surface area contributed by atoms with E-state index in [1.807, 2.05) is 24.3 Å². The van der Waals surface area contributed by atoms with Crippen molar-refractivity contribution in [2.24, 2.45) is 0 Å². The Labute approximate surface area is 176 Å². The van der Waals surface area contributed by atoms with Crippen molar-refractivity contribution in [3.63, 3.8) is 0 Å². The lowest BCUT2D eigenvalue weighted by Crippen LogP contribution is -2.44. The van der Waals surface area contributed by atoms with E-state index >= 15 is 0 Å². The van der Waals surface area contributed by atoms with Gasteiger partial charge in [0.15, 0.2) is 11.5 Å². The molecule has 1 N–H and O–H groups in total. The zero-order chi connectivity index (χ0) is 20.8. The number of hydrogen-bond acceptors (Lipinski definition) is 5. The number of hydrogen-bond donors (Lipinski definition) is 1. The lowest BCUT2D eigenvalue weighted by molar-refractivity contribution is -0.111. The molecular weight excluding hydrogens is 390 g/mol. The van der Waals surface area contributed by atoms with Gasteiger partial charge in [-0.3, -0.25) is 4.79 Å². The minimum absolute atomic E-state index is 0.225. The number of halogens is 1. The van der Waals surface area contributed by atoms with Crippen LogP contribution < -0.4 is 19.7 Å². The van der Waals surface area contributed by atoms with Gasteiger partial charge in [0.05, 0.1) is 25.6 Å². The van der Waals surface area contributed by atoms with E-state index in [0.717, 1.165) is 37.4 Å². The standard InChI is InChI=1S/C22H26ClN3O3/c1-25-10-12-26(13-11-25)19-7-6-17(23)15-18(19)24-22(27)9-5-16-4-8-20(28-2)21(14-16)29-3/h4-9,14-15H,10-13H2,1-3H3,(H,24,27). The van der Waals surface area contributed by atoms with Crippen molar-refractivity contribution in [2.75, 3.05) is 57.7 Å². The Hall–Kier alpha value is -2.70. The Balaban J connectivity index is 1.73. The normalized spacial score (nSPS) is 14.8. The van der Waals surface area contributed by atoms with Gasteiger partial charge >= 0.3 is 0 Å². The molecule has 2 aromatic rings. The first-order chi connectivity index (χ1) is 14.0. The molecule has 3 rings (SSSR count). The summed E-state index contributed by atoms with van der Waals surface area (Å²) in [5, 5.41) is 3.55. The van der Waals surface area contributed by atoms with Crippen LogP contribution in [0.5, 0.6) is 11.5 Å². The summed E-state index contributed by atoms with van der Waals surface area (Å²) < 4.78 is 10.5.